The number of hydrogen-bond acceptors (Lipinski definition) is 0. The number of halogens is 1. The van der Waals surface area contributed by atoms with Crippen molar-refractivity contribution in [3.05, 3.63) is 48.7 Å². The normalized spacial score (nSPS) is 9.91. The SMILES string of the molecule is FCC[CH][CH]c1ccccc1. The van der Waals surface area contributed by atoms with E-state index in [2.05, 4.69) is 0 Å². The zero-order valence-corrected chi connectivity index (χ0v) is 6.33. The summed E-state index contributed by atoms with van der Waals surface area (Å²) in [4.78, 5) is 0. The van der Waals surface area contributed by atoms with Crippen LogP contribution in [0.3, 0.4) is 0 Å². The molecule has 0 aliphatic rings. The van der Waals surface area contributed by atoms with Gasteiger partial charge in [-0.25, -0.2) is 0 Å². The van der Waals surface area contributed by atoms with Gasteiger partial charge in [0.05, 0.1) is 6.67 Å². The summed E-state index contributed by atoms with van der Waals surface area (Å²) < 4.78 is 11.6. The van der Waals surface area contributed by atoms with Crippen molar-refractivity contribution in [3.63, 3.8) is 0 Å². The monoisotopic (exact) mass is 150 g/mol. The van der Waals surface area contributed by atoms with Crippen LogP contribution in [0.5, 0.6) is 0 Å². The van der Waals surface area contributed by atoms with Crippen molar-refractivity contribution in [2.24, 2.45) is 0 Å². The maximum absolute atomic E-state index is 11.6. The first kappa shape index (κ1) is 8.25. The predicted octanol–water partition coefficient (Wildman–Crippen LogP) is 2.80. The van der Waals surface area contributed by atoms with Crippen molar-refractivity contribution in [2.75, 3.05) is 6.67 Å². The van der Waals surface area contributed by atoms with Gasteiger partial charge in [0.25, 0.3) is 0 Å². The molecule has 11 heavy (non-hydrogen) atoms. The summed E-state index contributed by atoms with van der Waals surface area (Å²) in [6, 6.07) is 9.89. The standard InChI is InChI=1S/C10H11F/c11-9-5-4-8-10-6-2-1-3-7-10/h1-4,6-8H,5,9H2. The van der Waals surface area contributed by atoms with E-state index in [4.69, 9.17) is 0 Å². The van der Waals surface area contributed by atoms with Gasteiger partial charge in [-0.1, -0.05) is 30.3 Å². The minimum atomic E-state index is -0.274. The molecular weight excluding hydrogens is 139 g/mol. The molecular formula is C10H11F. The van der Waals surface area contributed by atoms with Crippen LogP contribution in [0.4, 0.5) is 4.39 Å². The highest BCUT2D eigenvalue weighted by Gasteiger charge is 1.91. The predicted molar refractivity (Wildman–Crippen MR) is 44.7 cm³/mol. The van der Waals surface area contributed by atoms with Crippen LogP contribution in [0.25, 0.3) is 0 Å². The van der Waals surface area contributed by atoms with Crippen molar-refractivity contribution in [1.29, 1.82) is 0 Å². The summed E-state index contributed by atoms with van der Waals surface area (Å²) >= 11 is 0. The molecule has 1 rings (SSSR count). The van der Waals surface area contributed by atoms with Gasteiger partial charge in [-0.05, 0) is 24.8 Å². The van der Waals surface area contributed by atoms with E-state index in [1.807, 2.05) is 43.2 Å². The lowest BCUT2D eigenvalue weighted by Gasteiger charge is -1.96. The van der Waals surface area contributed by atoms with Gasteiger partial charge in [-0.15, -0.1) is 0 Å². The van der Waals surface area contributed by atoms with Gasteiger partial charge in [0.1, 0.15) is 0 Å². The average molecular weight is 150 g/mol. The number of alkyl halides is 1. The van der Waals surface area contributed by atoms with Crippen molar-refractivity contribution >= 4 is 0 Å². The molecule has 58 valence electrons. The van der Waals surface area contributed by atoms with E-state index in [-0.39, 0.29) is 6.67 Å². The highest BCUT2D eigenvalue weighted by molar-refractivity contribution is 5.25. The third kappa shape index (κ3) is 3.17. The molecule has 1 aromatic rings. The second-order valence-corrected chi connectivity index (χ2v) is 2.29. The van der Waals surface area contributed by atoms with E-state index in [0.717, 1.165) is 5.56 Å². The highest BCUT2D eigenvalue weighted by atomic mass is 19.1. The Morgan fingerprint density at radius 1 is 1.18 bits per heavy atom. The Morgan fingerprint density at radius 2 is 1.91 bits per heavy atom. The van der Waals surface area contributed by atoms with Gasteiger partial charge in [0, 0.05) is 0 Å². The van der Waals surface area contributed by atoms with Gasteiger partial charge in [-0.3, -0.25) is 4.39 Å². The number of benzene rings is 1. The summed E-state index contributed by atoms with van der Waals surface area (Å²) in [7, 11) is 0. The maximum atomic E-state index is 11.6. The summed E-state index contributed by atoms with van der Waals surface area (Å²) in [5, 5.41) is 0. The molecule has 0 saturated carbocycles. The first-order valence-corrected chi connectivity index (χ1v) is 3.71. The average Bonchev–Trinajstić information content (AvgIpc) is 2.07. The van der Waals surface area contributed by atoms with E-state index in [1.165, 1.54) is 0 Å². The maximum Gasteiger partial charge on any atom is 0.0897 e. The van der Waals surface area contributed by atoms with Crippen molar-refractivity contribution in [2.45, 2.75) is 6.42 Å². The Morgan fingerprint density at radius 3 is 2.55 bits per heavy atom. The van der Waals surface area contributed by atoms with E-state index >= 15 is 0 Å². The molecule has 0 aromatic heterocycles. The molecule has 0 N–H and O–H groups in total. The molecule has 0 unspecified atom stereocenters. The molecule has 0 aliphatic heterocycles. The topological polar surface area (TPSA) is 0 Å². The zero-order chi connectivity index (χ0) is 7.94. The van der Waals surface area contributed by atoms with Gasteiger partial charge in [-0.2, -0.15) is 0 Å². The minimum Gasteiger partial charge on any atom is -0.251 e. The fourth-order valence-electron chi connectivity index (χ4n) is 0.847. The van der Waals surface area contributed by atoms with E-state index < -0.39 is 0 Å². The van der Waals surface area contributed by atoms with E-state index in [1.54, 1.807) is 0 Å². The third-order valence-corrected chi connectivity index (χ3v) is 1.39. The van der Waals surface area contributed by atoms with Crippen LogP contribution >= 0.6 is 0 Å². The zero-order valence-electron chi connectivity index (χ0n) is 6.33. The Labute approximate surface area is 67.1 Å². The lowest BCUT2D eigenvalue weighted by atomic mass is 10.1. The lowest BCUT2D eigenvalue weighted by Crippen LogP contribution is -1.83. The van der Waals surface area contributed by atoms with Crippen LogP contribution < -0.4 is 0 Å². The summed E-state index contributed by atoms with van der Waals surface area (Å²) in [6.45, 7) is -0.274. The van der Waals surface area contributed by atoms with Crippen LogP contribution in [0, 0.1) is 12.8 Å². The third-order valence-electron chi connectivity index (χ3n) is 1.39. The lowest BCUT2D eigenvalue weighted by molar-refractivity contribution is 0.494. The number of hydrogen-bond donors (Lipinski definition) is 0. The molecule has 2 radical (unpaired) electrons. The van der Waals surface area contributed by atoms with E-state index in [0.29, 0.717) is 6.42 Å². The fraction of sp³-hybridized carbons (Fsp3) is 0.200. The van der Waals surface area contributed by atoms with Crippen molar-refractivity contribution < 1.29 is 4.39 Å². The molecule has 0 nitrogen and oxygen atoms in total. The molecule has 0 spiro atoms. The van der Waals surface area contributed by atoms with Crippen molar-refractivity contribution in [3.8, 4) is 0 Å². The molecule has 0 amide bonds. The van der Waals surface area contributed by atoms with E-state index in [9.17, 15) is 4.39 Å². The second-order valence-electron chi connectivity index (χ2n) is 2.29. The summed E-state index contributed by atoms with van der Waals surface area (Å²) in [6.07, 6.45) is 4.28. The van der Waals surface area contributed by atoms with Crippen LogP contribution in [-0.4, -0.2) is 6.67 Å². The number of rotatable bonds is 4. The Hall–Kier alpha value is -0.850. The Kier molecular flexibility index (Phi) is 3.67. The first-order chi connectivity index (χ1) is 5.43. The largest absolute Gasteiger partial charge is 0.251 e. The van der Waals surface area contributed by atoms with Crippen LogP contribution in [0.15, 0.2) is 30.3 Å². The summed E-state index contributed by atoms with van der Waals surface area (Å²) in [5.41, 5.74) is 1.13. The van der Waals surface area contributed by atoms with Gasteiger partial charge in [0.15, 0.2) is 0 Å². The molecule has 0 heterocycles. The van der Waals surface area contributed by atoms with Crippen molar-refractivity contribution in [1.82, 2.24) is 0 Å². The molecule has 0 aliphatic carbocycles. The Bertz CT molecular complexity index is 181. The first-order valence-electron chi connectivity index (χ1n) is 3.71. The molecule has 1 aromatic carbocycles. The quantitative estimate of drug-likeness (QED) is 0.579. The van der Waals surface area contributed by atoms with Gasteiger partial charge in [0.2, 0.25) is 0 Å². The van der Waals surface area contributed by atoms with Crippen LogP contribution in [0.2, 0.25) is 0 Å². The van der Waals surface area contributed by atoms with Gasteiger partial charge >= 0.3 is 0 Å². The Balaban J connectivity index is 2.28. The second kappa shape index (κ2) is 4.89. The highest BCUT2D eigenvalue weighted by Crippen LogP contribution is 2.05. The molecule has 1 heteroatoms. The number of unbranched alkanes of at least 4 members (excludes halogenated alkanes) is 1. The molecule has 0 fully saturated rings. The molecule has 0 bridgehead atoms. The minimum absolute atomic E-state index is 0.274. The molecule has 0 atom stereocenters. The fourth-order valence-corrected chi connectivity index (χ4v) is 0.847. The summed E-state index contributed by atoms with van der Waals surface area (Å²) in [5.74, 6) is 0. The smallest absolute Gasteiger partial charge is 0.0897 e. The van der Waals surface area contributed by atoms with Crippen LogP contribution in [0.1, 0.15) is 12.0 Å². The van der Waals surface area contributed by atoms with Crippen LogP contribution in [-0.2, 0) is 0 Å². The van der Waals surface area contributed by atoms with Gasteiger partial charge < -0.3 is 0 Å². The molecule has 0 saturated heterocycles.